The number of carbonyl (C=O) groups is 2. The number of anilines is 1. The van der Waals surface area contributed by atoms with Gasteiger partial charge in [0.15, 0.2) is 5.78 Å². The van der Waals surface area contributed by atoms with Crippen LogP contribution in [0.4, 0.5) is 10.1 Å². The minimum Gasteiger partial charge on any atom is -0.457 e. The van der Waals surface area contributed by atoms with Crippen molar-refractivity contribution in [1.29, 1.82) is 0 Å². The maximum atomic E-state index is 13.3. The fourth-order valence-electron chi connectivity index (χ4n) is 4.88. The molecule has 0 bridgehead atoms. The van der Waals surface area contributed by atoms with Crippen LogP contribution in [-0.4, -0.2) is 26.7 Å². The molecule has 0 radical (unpaired) electrons. The molecule has 188 valence electrons. The molecular formula is C29H27FN4O3. The van der Waals surface area contributed by atoms with E-state index in [9.17, 15) is 14.0 Å². The summed E-state index contributed by atoms with van der Waals surface area (Å²) < 4.78 is 18.8. The summed E-state index contributed by atoms with van der Waals surface area (Å²) in [7, 11) is 0. The molecule has 1 amide bonds. The number of nitrogens with one attached hydrogen (secondary N) is 1. The van der Waals surface area contributed by atoms with Gasteiger partial charge in [-0.1, -0.05) is 30.3 Å². The number of benzene rings is 3. The molecule has 1 aliphatic carbocycles. The van der Waals surface area contributed by atoms with E-state index in [1.54, 1.807) is 48.8 Å². The first-order valence-corrected chi connectivity index (χ1v) is 12.3. The predicted molar refractivity (Wildman–Crippen MR) is 137 cm³/mol. The zero-order valence-electron chi connectivity index (χ0n) is 20.2. The summed E-state index contributed by atoms with van der Waals surface area (Å²) in [6.07, 6.45) is 4.95. The number of ketones is 1. The molecule has 3 atom stereocenters. The van der Waals surface area contributed by atoms with Crippen LogP contribution in [0.5, 0.6) is 11.5 Å². The average Bonchev–Trinajstić information content (AvgIpc) is 3.44. The minimum absolute atomic E-state index is 0.0388. The summed E-state index contributed by atoms with van der Waals surface area (Å²) >= 11 is 0. The number of amides is 1. The van der Waals surface area contributed by atoms with Gasteiger partial charge in [0.1, 0.15) is 23.9 Å². The highest BCUT2D eigenvalue weighted by atomic mass is 19.1. The van der Waals surface area contributed by atoms with Crippen molar-refractivity contribution in [2.75, 3.05) is 5.32 Å². The Morgan fingerprint density at radius 1 is 0.838 bits per heavy atom. The number of nitrogens with zero attached hydrogens (tertiary/aromatic N) is 3. The Morgan fingerprint density at radius 2 is 1.46 bits per heavy atom. The summed E-state index contributed by atoms with van der Waals surface area (Å²) in [5, 5.41) is 11.1. The lowest BCUT2D eigenvalue weighted by Gasteiger charge is -2.34. The molecule has 1 heterocycles. The first-order valence-electron chi connectivity index (χ1n) is 12.3. The lowest BCUT2D eigenvalue weighted by atomic mass is 9.71. The molecule has 8 heteroatoms. The van der Waals surface area contributed by atoms with E-state index in [4.69, 9.17) is 4.74 Å². The summed E-state index contributed by atoms with van der Waals surface area (Å²) in [5.74, 6) is 0.236. The van der Waals surface area contributed by atoms with Crippen molar-refractivity contribution in [3.8, 4) is 11.5 Å². The van der Waals surface area contributed by atoms with Crippen molar-refractivity contribution in [3.63, 3.8) is 0 Å². The minimum atomic E-state index is -0.329. The van der Waals surface area contributed by atoms with Gasteiger partial charge in [-0.15, -0.1) is 0 Å². The van der Waals surface area contributed by atoms with Crippen LogP contribution < -0.4 is 10.1 Å². The van der Waals surface area contributed by atoms with E-state index in [-0.39, 0.29) is 41.8 Å². The van der Waals surface area contributed by atoms with Crippen molar-refractivity contribution in [1.82, 2.24) is 15.0 Å². The molecule has 5 rings (SSSR count). The van der Waals surface area contributed by atoms with Crippen LogP contribution in [0.15, 0.2) is 91.3 Å². The molecule has 1 fully saturated rings. The highest BCUT2D eigenvalue weighted by Crippen LogP contribution is 2.40. The molecule has 3 aromatic carbocycles. The predicted octanol–water partition coefficient (Wildman–Crippen LogP) is 5.62. The quantitative estimate of drug-likeness (QED) is 0.341. The largest absolute Gasteiger partial charge is 0.457 e. The van der Waals surface area contributed by atoms with Gasteiger partial charge in [-0.2, -0.15) is 15.0 Å². The van der Waals surface area contributed by atoms with E-state index < -0.39 is 0 Å². The van der Waals surface area contributed by atoms with Crippen LogP contribution in [0.3, 0.4) is 0 Å². The molecule has 1 aliphatic rings. The Hall–Kier alpha value is -4.33. The first kappa shape index (κ1) is 24.4. The van der Waals surface area contributed by atoms with E-state index in [1.165, 1.54) is 16.9 Å². The van der Waals surface area contributed by atoms with Crippen LogP contribution in [-0.2, 0) is 16.1 Å². The molecule has 2 unspecified atom stereocenters. The van der Waals surface area contributed by atoms with Gasteiger partial charge in [-0.3, -0.25) is 9.59 Å². The third-order valence-corrected chi connectivity index (χ3v) is 6.74. The number of hydrogen-bond acceptors (Lipinski definition) is 5. The summed E-state index contributed by atoms with van der Waals surface area (Å²) in [6, 6.07) is 22.8. The fourth-order valence-corrected chi connectivity index (χ4v) is 4.88. The Labute approximate surface area is 214 Å². The Morgan fingerprint density at radius 3 is 2.14 bits per heavy atom. The SMILES string of the molecule is O=C(Cn1nccn1)C1CC(c2ccccc2)C[C@@H](C(=O)Nc2ccc(Oc3ccc(F)cc3)cc2)C1. The second-order valence-corrected chi connectivity index (χ2v) is 9.30. The second kappa shape index (κ2) is 11.2. The van der Waals surface area contributed by atoms with Gasteiger partial charge in [-0.05, 0) is 79.3 Å². The number of hydrogen-bond donors (Lipinski definition) is 1. The van der Waals surface area contributed by atoms with Crippen molar-refractivity contribution in [3.05, 3.63) is 103 Å². The molecule has 7 nitrogen and oxygen atoms in total. The number of halogens is 1. The van der Waals surface area contributed by atoms with E-state index >= 15 is 0 Å². The van der Waals surface area contributed by atoms with Gasteiger partial charge < -0.3 is 10.1 Å². The number of aromatic nitrogens is 3. The summed E-state index contributed by atoms with van der Waals surface area (Å²) in [5.41, 5.74) is 1.78. The van der Waals surface area contributed by atoms with E-state index in [0.717, 1.165) is 5.56 Å². The molecule has 1 N–H and O–H groups in total. The van der Waals surface area contributed by atoms with Crippen LogP contribution >= 0.6 is 0 Å². The fraction of sp³-hybridized carbons (Fsp3) is 0.241. The highest BCUT2D eigenvalue weighted by Gasteiger charge is 2.36. The van der Waals surface area contributed by atoms with Crippen LogP contribution in [0.2, 0.25) is 0 Å². The topological polar surface area (TPSA) is 86.1 Å². The molecule has 0 spiro atoms. The number of carbonyl (C=O) groups excluding carboxylic acids is 2. The lowest BCUT2D eigenvalue weighted by molar-refractivity contribution is -0.127. The van der Waals surface area contributed by atoms with Crippen LogP contribution in [0, 0.1) is 17.7 Å². The molecule has 0 saturated heterocycles. The average molecular weight is 499 g/mol. The van der Waals surface area contributed by atoms with E-state index in [0.29, 0.717) is 36.4 Å². The maximum Gasteiger partial charge on any atom is 0.227 e. The van der Waals surface area contributed by atoms with Crippen molar-refractivity contribution < 1.29 is 18.7 Å². The molecule has 37 heavy (non-hydrogen) atoms. The third kappa shape index (κ3) is 6.27. The summed E-state index contributed by atoms with van der Waals surface area (Å²) in [6.45, 7) is 0.100. The van der Waals surface area contributed by atoms with Gasteiger partial charge in [0.05, 0.1) is 12.4 Å². The van der Waals surface area contributed by atoms with Gasteiger partial charge in [-0.25, -0.2) is 4.39 Å². The van der Waals surface area contributed by atoms with Crippen LogP contribution in [0.25, 0.3) is 0 Å². The molecule has 1 saturated carbocycles. The number of Topliss-reactive ketones (excluding diaryl/α,β-unsaturated/α-hetero) is 1. The molecular weight excluding hydrogens is 471 g/mol. The van der Waals surface area contributed by atoms with Crippen molar-refractivity contribution >= 4 is 17.4 Å². The second-order valence-electron chi connectivity index (χ2n) is 9.30. The first-order chi connectivity index (χ1) is 18.0. The smallest absolute Gasteiger partial charge is 0.227 e. The zero-order chi connectivity index (χ0) is 25.6. The van der Waals surface area contributed by atoms with Crippen LogP contribution in [0.1, 0.15) is 30.7 Å². The maximum absolute atomic E-state index is 13.3. The molecule has 0 aliphatic heterocycles. The lowest BCUT2D eigenvalue weighted by Crippen LogP contribution is -2.35. The van der Waals surface area contributed by atoms with Crippen molar-refractivity contribution in [2.45, 2.75) is 31.7 Å². The summed E-state index contributed by atoms with van der Waals surface area (Å²) in [4.78, 5) is 27.8. The van der Waals surface area contributed by atoms with Gasteiger partial charge in [0, 0.05) is 17.5 Å². The van der Waals surface area contributed by atoms with E-state index in [1.807, 2.05) is 18.2 Å². The Balaban J connectivity index is 1.26. The standard InChI is InChI=1S/C29H27FN4O3/c30-24-6-10-26(11-7-24)37-27-12-8-25(9-13-27)33-29(36)23-17-21(20-4-2-1-3-5-20)16-22(18-23)28(35)19-34-31-14-15-32-34/h1-15,21-23H,16-19H2,(H,33,36)/t21?,22?,23-/m1/s1. The van der Waals surface area contributed by atoms with Crippen molar-refractivity contribution in [2.24, 2.45) is 11.8 Å². The van der Waals surface area contributed by atoms with Gasteiger partial charge >= 0.3 is 0 Å². The Bertz CT molecular complexity index is 1330. The van der Waals surface area contributed by atoms with Gasteiger partial charge in [0.25, 0.3) is 0 Å². The number of ether oxygens (including phenoxy) is 1. The highest BCUT2D eigenvalue weighted by molar-refractivity contribution is 5.93. The van der Waals surface area contributed by atoms with Gasteiger partial charge in [0.2, 0.25) is 5.91 Å². The molecule has 4 aromatic rings. The number of rotatable bonds is 8. The molecule has 1 aromatic heterocycles. The normalized spacial score (nSPS) is 19.2. The Kier molecular flexibility index (Phi) is 7.35. The third-order valence-electron chi connectivity index (χ3n) is 6.74. The monoisotopic (exact) mass is 498 g/mol. The van der Waals surface area contributed by atoms with E-state index in [2.05, 4.69) is 27.6 Å². The zero-order valence-corrected chi connectivity index (χ0v) is 20.2.